The molecule has 1 aromatic heterocycles. The molecule has 0 radical (unpaired) electrons. The predicted octanol–water partition coefficient (Wildman–Crippen LogP) is 3.01. The summed E-state index contributed by atoms with van der Waals surface area (Å²) < 4.78 is 1.75. The Kier molecular flexibility index (Phi) is 7.71. The van der Waals surface area contributed by atoms with Crippen LogP contribution in [0.25, 0.3) is 10.8 Å². The maximum atomic E-state index is 12.0. The Labute approximate surface area is 202 Å². The van der Waals surface area contributed by atoms with Gasteiger partial charge in [-0.25, -0.2) is 5.43 Å². The van der Waals surface area contributed by atoms with Crippen molar-refractivity contribution in [2.75, 3.05) is 5.75 Å². The molecule has 1 amide bonds. The van der Waals surface area contributed by atoms with Crippen molar-refractivity contribution in [1.82, 2.24) is 10.5 Å². The van der Waals surface area contributed by atoms with Gasteiger partial charge in [-0.1, -0.05) is 83.6 Å². The molecule has 10 heteroatoms. The number of aromatic amines is 1. The second-order valence-electron chi connectivity index (χ2n) is 6.80. The van der Waals surface area contributed by atoms with E-state index in [9.17, 15) is 14.7 Å². The van der Waals surface area contributed by atoms with E-state index in [1.165, 1.54) is 57.8 Å². The van der Waals surface area contributed by atoms with E-state index in [-0.39, 0.29) is 17.2 Å². The Morgan fingerprint density at radius 3 is 2.67 bits per heavy atom. The van der Waals surface area contributed by atoms with Gasteiger partial charge in [0, 0.05) is 10.9 Å². The van der Waals surface area contributed by atoms with E-state index >= 15 is 0 Å². The highest BCUT2D eigenvalue weighted by atomic mass is 32.2. The molecule has 0 atom stereocenters. The Bertz CT molecular complexity index is 1300. The second kappa shape index (κ2) is 11.1. The van der Waals surface area contributed by atoms with Crippen LogP contribution in [0.15, 0.2) is 80.5 Å². The molecule has 3 aromatic carbocycles. The first kappa shape index (κ1) is 23.0. The summed E-state index contributed by atoms with van der Waals surface area (Å²) in [5, 5.41) is 24.4. The summed E-state index contributed by atoms with van der Waals surface area (Å²) >= 11 is 4.52. The summed E-state index contributed by atoms with van der Waals surface area (Å²) in [7, 11) is 0. The van der Waals surface area contributed by atoms with Crippen molar-refractivity contribution in [3.63, 3.8) is 0 Å². The summed E-state index contributed by atoms with van der Waals surface area (Å²) in [6, 6.07) is 20.6. The van der Waals surface area contributed by atoms with Crippen LogP contribution in [0.3, 0.4) is 0 Å². The van der Waals surface area contributed by atoms with Gasteiger partial charge in [-0.05, 0) is 50.6 Å². The molecule has 33 heavy (non-hydrogen) atoms. The zero-order valence-corrected chi connectivity index (χ0v) is 19.6. The van der Waals surface area contributed by atoms with Crippen molar-refractivity contribution in [1.29, 1.82) is 0 Å². The summed E-state index contributed by atoms with van der Waals surface area (Å²) in [5.74, 6) is -0.500. The molecule has 0 bridgehead atoms. The third kappa shape index (κ3) is 6.41. The number of amides is 1. The van der Waals surface area contributed by atoms with Crippen molar-refractivity contribution in [2.24, 2.45) is 5.10 Å². The number of fused-ring (bicyclic) bond motifs is 1. The molecular weight excluding hydrogens is 476 g/mol. The van der Waals surface area contributed by atoms with E-state index in [0.717, 1.165) is 14.4 Å². The topological polar surface area (TPSA) is 109 Å². The van der Waals surface area contributed by atoms with Crippen molar-refractivity contribution < 1.29 is 19.8 Å². The van der Waals surface area contributed by atoms with Gasteiger partial charge >= 0.3 is 4.34 Å². The molecule has 0 fully saturated rings. The molecule has 4 aromatic rings. The summed E-state index contributed by atoms with van der Waals surface area (Å²) in [6.07, 6.45) is 1.45. The number of H-pyrrole nitrogens is 1. The van der Waals surface area contributed by atoms with E-state index in [1.54, 1.807) is 23.9 Å². The van der Waals surface area contributed by atoms with Gasteiger partial charge in [-0.2, -0.15) is 5.10 Å². The van der Waals surface area contributed by atoms with Gasteiger partial charge in [-0.15, -0.1) is 0 Å². The van der Waals surface area contributed by atoms with Gasteiger partial charge in [0.1, 0.15) is 0 Å². The number of hydrazone groups is 1. The SMILES string of the molecule is O=C(CSc1n[nH+]c(SCc2cccc3ccccc23)s1)NN=Cc1ccc(C(=O)[O-])cc1. The first-order valence-electron chi connectivity index (χ1n) is 9.82. The minimum absolute atomic E-state index is 0.0856. The molecule has 1 heterocycles. The fourth-order valence-electron chi connectivity index (χ4n) is 2.94. The van der Waals surface area contributed by atoms with E-state index < -0.39 is 5.97 Å². The number of benzene rings is 3. The molecule has 0 saturated carbocycles. The van der Waals surface area contributed by atoms with Crippen LogP contribution in [0.5, 0.6) is 0 Å². The number of hydrogen-bond donors (Lipinski definition) is 1. The Hall–Kier alpha value is -3.21. The minimum Gasteiger partial charge on any atom is -0.545 e. The number of carboxylic acids is 1. The fourth-order valence-corrected chi connectivity index (χ4v) is 5.83. The van der Waals surface area contributed by atoms with Crippen molar-refractivity contribution in [2.45, 2.75) is 14.4 Å². The maximum Gasteiger partial charge on any atom is 0.323 e. The highest BCUT2D eigenvalue weighted by Crippen LogP contribution is 2.30. The average Bonchev–Trinajstić information content (AvgIpc) is 3.29. The highest BCUT2D eigenvalue weighted by molar-refractivity contribution is 8.03. The molecule has 0 aliphatic carbocycles. The van der Waals surface area contributed by atoms with Crippen molar-refractivity contribution in [3.05, 3.63) is 83.4 Å². The van der Waals surface area contributed by atoms with Gasteiger partial charge in [0.25, 0.3) is 5.91 Å². The van der Waals surface area contributed by atoms with Crippen LogP contribution in [-0.2, 0) is 10.5 Å². The second-order valence-corrected chi connectivity index (χ2v) is 10.3. The van der Waals surface area contributed by atoms with Gasteiger partial charge < -0.3 is 9.90 Å². The van der Waals surface area contributed by atoms with Crippen LogP contribution in [0.2, 0.25) is 0 Å². The van der Waals surface area contributed by atoms with Crippen LogP contribution in [0.1, 0.15) is 21.5 Å². The first-order valence-corrected chi connectivity index (χ1v) is 12.6. The lowest BCUT2D eigenvalue weighted by molar-refractivity contribution is -0.492. The third-order valence-electron chi connectivity index (χ3n) is 4.53. The van der Waals surface area contributed by atoms with E-state index in [1.807, 2.05) is 12.1 Å². The minimum atomic E-state index is -1.24. The number of rotatable bonds is 9. The third-order valence-corrected chi connectivity index (χ3v) is 7.84. The normalized spacial score (nSPS) is 11.2. The van der Waals surface area contributed by atoms with Crippen LogP contribution in [0.4, 0.5) is 0 Å². The van der Waals surface area contributed by atoms with Gasteiger partial charge in [-0.3, -0.25) is 4.79 Å². The summed E-state index contributed by atoms with van der Waals surface area (Å²) in [6.45, 7) is 0. The smallest absolute Gasteiger partial charge is 0.323 e. The van der Waals surface area contributed by atoms with Crippen molar-refractivity contribution >= 4 is 63.7 Å². The Balaban J connectivity index is 1.24. The lowest BCUT2D eigenvalue weighted by Gasteiger charge is -2.03. The molecule has 0 aliphatic heterocycles. The number of carboxylic acid groups (broad SMARTS) is 1. The molecule has 2 N–H and O–H groups in total. The van der Waals surface area contributed by atoms with Crippen molar-refractivity contribution in [3.8, 4) is 0 Å². The number of carbonyl (C=O) groups excluding carboxylic acids is 2. The van der Waals surface area contributed by atoms with Crippen LogP contribution >= 0.6 is 34.9 Å². The van der Waals surface area contributed by atoms with Gasteiger partial charge in [0.15, 0.2) is 0 Å². The number of thioether (sulfide) groups is 2. The summed E-state index contributed by atoms with van der Waals surface area (Å²) in [4.78, 5) is 22.8. The van der Waals surface area contributed by atoms with Crippen LogP contribution in [-0.4, -0.2) is 28.9 Å². The molecular formula is C23H18N4O3S3. The molecule has 0 saturated heterocycles. The largest absolute Gasteiger partial charge is 0.545 e. The quantitative estimate of drug-likeness (QED) is 0.218. The molecule has 7 nitrogen and oxygen atoms in total. The first-order chi connectivity index (χ1) is 16.1. The standard InChI is InChI=1S/C23H18N4O3S3/c28-20(25-24-12-15-8-10-17(11-9-15)21(29)30)14-32-23-27-26-22(33-23)31-13-18-6-3-5-16-4-1-2-7-19(16)18/h1-12H,13-14H2,(H,25,28)(H,29,30). The molecule has 166 valence electrons. The number of nitrogens with zero attached hydrogens (tertiary/aromatic N) is 2. The predicted molar refractivity (Wildman–Crippen MR) is 129 cm³/mol. The average molecular weight is 495 g/mol. The molecule has 0 spiro atoms. The maximum absolute atomic E-state index is 12.0. The fraction of sp³-hybridized carbons (Fsp3) is 0.0870. The Morgan fingerprint density at radius 1 is 1.06 bits per heavy atom. The number of carbonyl (C=O) groups is 2. The number of hydrogen-bond acceptors (Lipinski definition) is 8. The van der Waals surface area contributed by atoms with E-state index in [4.69, 9.17) is 0 Å². The molecule has 0 unspecified atom stereocenters. The molecule has 0 aliphatic rings. The highest BCUT2D eigenvalue weighted by Gasteiger charge is 2.14. The van der Waals surface area contributed by atoms with E-state index in [2.05, 4.69) is 51.1 Å². The summed E-state index contributed by atoms with van der Waals surface area (Å²) in [5.41, 5.74) is 4.46. The zero-order chi connectivity index (χ0) is 23.0. The van der Waals surface area contributed by atoms with Gasteiger partial charge in [0.05, 0.1) is 17.9 Å². The monoisotopic (exact) mass is 494 g/mol. The lowest BCUT2D eigenvalue weighted by Crippen LogP contribution is -2.22. The zero-order valence-electron chi connectivity index (χ0n) is 17.2. The van der Waals surface area contributed by atoms with E-state index in [0.29, 0.717) is 5.56 Å². The Morgan fingerprint density at radius 2 is 1.85 bits per heavy atom. The lowest BCUT2D eigenvalue weighted by atomic mass is 10.1. The van der Waals surface area contributed by atoms with Crippen LogP contribution < -0.4 is 15.6 Å². The number of aromatic carboxylic acids is 1. The van der Waals surface area contributed by atoms with Crippen LogP contribution in [0, 0.1) is 0 Å². The number of aromatic nitrogens is 2. The van der Waals surface area contributed by atoms with Gasteiger partial charge in [0.2, 0.25) is 4.34 Å². The molecule has 4 rings (SSSR count). The number of nitrogens with one attached hydrogen (secondary N) is 2.